The van der Waals surface area contributed by atoms with Crippen molar-refractivity contribution in [2.24, 2.45) is 5.41 Å². The molecule has 0 aliphatic carbocycles. The molecule has 2 rings (SSSR count). The normalized spacial score (nSPS) is 12.4. The lowest BCUT2D eigenvalue weighted by Crippen LogP contribution is -2.32. The topological polar surface area (TPSA) is 55.6 Å². The average Bonchev–Trinajstić information content (AvgIpc) is 2.85. The molecule has 1 heterocycles. The highest BCUT2D eigenvalue weighted by atomic mass is 28.3. The van der Waals surface area contributed by atoms with E-state index in [4.69, 9.17) is 9.15 Å². The summed E-state index contributed by atoms with van der Waals surface area (Å²) in [6.07, 6.45) is 0.469. The molecule has 0 radical (unpaired) electrons. The SMILES string of the molecule is CCN(C(=O)OCC[Si](C)(C)C)c1ccc2oc(CC(C)(C)C)nc2c1. The first-order valence-corrected chi connectivity index (χ1v) is 13.0. The summed E-state index contributed by atoms with van der Waals surface area (Å²) in [6.45, 7) is 16.2. The van der Waals surface area contributed by atoms with E-state index < -0.39 is 8.07 Å². The van der Waals surface area contributed by atoms with Crippen molar-refractivity contribution >= 4 is 31.0 Å². The molecule has 6 heteroatoms. The van der Waals surface area contributed by atoms with Gasteiger partial charge in [0.25, 0.3) is 0 Å². The summed E-state index contributed by atoms with van der Waals surface area (Å²) in [5.41, 5.74) is 2.42. The van der Waals surface area contributed by atoms with Gasteiger partial charge in [-0.25, -0.2) is 9.78 Å². The van der Waals surface area contributed by atoms with Crippen LogP contribution in [0.2, 0.25) is 25.7 Å². The molecule has 0 unspecified atom stereocenters. The number of aromatic nitrogens is 1. The Balaban J connectivity index is 2.14. The molecular weight excluding hydrogens is 344 g/mol. The van der Waals surface area contributed by atoms with Crippen molar-refractivity contribution in [2.75, 3.05) is 18.1 Å². The maximum absolute atomic E-state index is 12.5. The van der Waals surface area contributed by atoms with Crippen molar-refractivity contribution < 1.29 is 13.9 Å². The largest absolute Gasteiger partial charge is 0.449 e. The number of ether oxygens (including phenoxy) is 1. The minimum absolute atomic E-state index is 0.110. The van der Waals surface area contributed by atoms with Crippen LogP contribution in [0.4, 0.5) is 10.5 Å². The first-order chi connectivity index (χ1) is 12.0. The molecule has 0 fully saturated rings. The second-order valence-corrected chi connectivity index (χ2v) is 14.8. The van der Waals surface area contributed by atoms with Gasteiger partial charge in [0.15, 0.2) is 11.5 Å². The summed E-state index contributed by atoms with van der Waals surface area (Å²) in [7, 11) is -1.22. The van der Waals surface area contributed by atoms with E-state index in [2.05, 4.69) is 45.4 Å². The van der Waals surface area contributed by atoms with Gasteiger partial charge in [-0.3, -0.25) is 4.90 Å². The standard InChI is InChI=1S/C20H32N2O3Si/c1-8-22(19(23)24-11-12-26(5,6)7)15-9-10-17-16(13-15)21-18(25-17)14-20(2,3)4/h9-10,13H,8,11-12,14H2,1-7H3. The first kappa shape index (κ1) is 20.5. The third-order valence-corrected chi connectivity index (χ3v) is 5.73. The molecule has 1 aromatic carbocycles. The Bertz CT molecular complexity index is 756. The summed E-state index contributed by atoms with van der Waals surface area (Å²) in [5, 5.41) is 0. The fourth-order valence-corrected chi connectivity index (χ4v) is 3.31. The number of benzene rings is 1. The molecule has 26 heavy (non-hydrogen) atoms. The molecule has 0 N–H and O–H groups in total. The van der Waals surface area contributed by atoms with Crippen LogP contribution in [-0.4, -0.2) is 32.3 Å². The molecule has 1 amide bonds. The van der Waals surface area contributed by atoms with E-state index in [0.717, 1.165) is 35.1 Å². The van der Waals surface area contributed by atoms with Crippen LogP contribution in [0.5, 0.6) is 0 Å². The lowest BCUT2D eigenvalue weighted by molar-refractivity contribution is 0.159. The van der Waals surface area contributed by atoms with Crippen molar-refractivity contribution in [3.63, 3.8) is 0 Å². The summed E-state index contributed by atoms with van der Waals surface area (Å²) in [5.74, 6) is 0.727. The third-order valence-electron chi connectivity index (χ3n) is 4.02. The number of carbonyl (C=O) groups is 1. The molecule has 0 aliphatic rings. The molecule has 2 aromatic rings. The van der Waals surface area contributed by atoms with Gasteiger partial charge < -0.3 is 9.15 Å². The van der Waals surface area contributed by atoms with Crippen molar-refractivity contribution in [3.8, 4) is 0 Å². The van der Waals surface area contributed by atoms with E-state index in [9.17, 15) is 4.79 Å². The highest BCUT2D eigenvalue weighted by molar-refractivity contribution is 6.76. The van der Waals surface area contributed by atoms with Gasteiger partial charge in [-0.05, 0) is 36.6 Å². The van der Waals surface area contributed by atoms with Gasteiger partial charge in [0, 0.05) is 26.7 Å². The Morgan fingerprint density at radius 3 is 2.54 bits per heavy atom. The van der Waals surface area contributed by atoms with E-state index in [1.165, 1.54) is 0 Å². The molecule has 5 nitrogen and oxygen atoms in total. The van der Waals surface area contributed by atoms with E-state index in [1.807, 2.05) is 25.1 Å². The van der Waals surface area contributed by atoms with Crippen LogP contribution in [0.3, 0.4) is 0 Å². The molecule has 144 valence electrons. The summed E-state index contributed by atoms with van der Waals surface area (Å²) in [4.78, 5) is 18.7. The molecule has 0 saturated heterocycles. The molecule has 0 saturated carbocycles. The summed E-state index contributed by atoms with van der Waals surface area (Å²) in [6, 6.07) is 6.63. The van der Waals surface area contributed by atoms with Gasteiger partial charge in [-0.2, -0.15) is 0 Å². The number of carbonyl (C=O) groups excluding carboxylic acids is 1. The Labute approximate surface area is 157 Å². The van der Waals surface area contributed by atoms with Crippen LogP contribution in [0, 0.1) is 5.41 Å². The quantitative estimate of drug-likeness (QED) is 0.605. The van der Waals surface area contributed by atoms with Crippen molar-refractivity contribution in [3.05, 3.63) is 24.1 Å². The minimum Gasteiger partial charge on any atom is -0.449 e. The van der Waals surface area contributed by atoms with Crippen LogP contribution in [0.15, 0.2) is 22.6 Å². The minimum atomic E-state index is -1.22. The number of hydrogen-bond acceptors (Lipinski definition) is 4. The van der Waals surface area contributed by atoms with Crippen LogP contribution in [-0.2, 0) is 11.2 Å². The summed E-state index contributed by atoms with van der Waals surface area (Å²) >= 11 is 0. The Kier molecular flexibility index (Phi) is 6.16. The van der Waals surface area contributed by atoms with Crippen molar-refractivity contribution in [1.82, 2.24) is 4.98 Å². The number of amides is 1. The maximum atomic E-state index is 12.5. The van der Waals surface area contributed by atoms with Crippen LogP contribution >= 0.6 is 0 Å². The van der Waals surface area contributed by atoms with Gasteiger partial charge >= 0.3 is 6.09 Å². The fraction of sp³-hybridized carbons (Fsp3) is 0.600. The monoisotopic (exact) mass is 376 g/mol. The van der Waals surface area contributed by atoms with Crippen LogP contribution in [0.1, 0.15) is 33.6 Å². The zero-order valence-corrected chi connectivity index (χ0v) is 18.2. The number of fused-ring (bicyclic) bond motifs is 1. The highest BCUT2D eigenvalue weighted by Crippen LogP contribution is 2.27. The Morgan fingerprint density at radius 2 is 1.96 bits per heavy atom. The van der Waals surface area contributed by atoms with E-state index in [0.29, 0.717) is 13.2 Å². The third kappa shape index (κ3) is 5.87. The predicted molar refractivity (Wildman–Crippen MR) is 110 cm³/mol. The highest BCUT2D eigenvalue weighted by Gasteiger charge is 2.20. The molecule has 0 aliphatic heterocycles. The molecular formula is C20H32N2O3Si. The van der Waals surface area contributed by atoms with Crippen LogP contribution in [0.25, 0.3) is 11.1 Å². The number of anilines is 1. The van der Waals surface area contributed by atoms with Crippen molar-refractivity contribution in [1.29, 1.82) is 0 Å². The molecule has 0 bridgehead atoms. The lowest BCUT2D eigenvalue weighted by Gasteiger charge is -2.22. The van der Waals surface area contributed by atoms with Gasteiger partial charge in [0.05, 0.1) is 6.61 Å². The van der Waals surface area contributed by atoms with E-state index in [1.54, 1.807) is 4.90 Å². The molecule has 0 spiro atoms. The first-order valence-electron chi connectivity index (χ1n) is 9.32. The maximum Gasteiger partial charge on any atom is 0.414 e. The van der Waals surface area contributed by atoms with Gasteiger partial charge in [0.2, 0.25) is 0 Å². The second kappa shape index (κ2) is 7.82. The lowest BCUT2D eigenvalue weighted by atomic mass is 9.92. The fourth-order valence-electron chi connectivity index (χ4n) is 2.60. The Morgan fingerprint density at radius 1 is 1.27 bits per heavy atom. The second-order valence-electron chi connectivity index (χ2n) is 9.17. The molecule has 1 aromatic heterocycles. The summed E-state index contributed by atoms with van der Waals surface area (Å²) < 4.78 is 11.3. The number of rotatable bonds is 6. The van der Waals surface area contributed by atoms with Crippen LogP contribution < -0.4 is 4.90 Å². The zero-order chi connectivity index (χ0) is 19.5. The predicted octanol–water partition coefficient (Wildman–Crippen LogP) is 5.72. The number of oxazole rings is 1. The van der Waals surface area contributed by atoms with Crippen molar-refractivity contribution in [2.45, 2.75) is 59.8 Å². The number of nitrogens with zero attached hydrogens (tertiary/aromatic N) is 2. The van der Waals surface area contributed by atoms with E-state index >= 15 is 0 Å². The zero-order valence-electron chi connectivity index (χ0n) is 17.2. The van der Waals surface area contributed by atoms with E-state index in [-0.39, 0.29) is 11.5 Å². The Hall–Kier alpha value is -1.82. The van der Waals surface area contributed by atoms with Gasteiger partial charge in [0.1, 0.15) is 5.52 Å². The average molecular weight is 377 g/mol. The van der Waals surface area contributed by atoms with Gasteiger partial charge in [-0.15, -0.1) is 0 Å². The molecule has 0 atom stereocenters. The number of hydrogen-bond donors (Lipinski definition) is 0. The smallest absolute Gasteiger partial charge is 0.414 e. The van der Waals surface area contributed by atoms with Gasteiger partial charge in [-0.1, -0.05) is 40.4 Å².